The van der Waals surface area contributed by atoms with Crippen LogP contribution >= 0.6 is 0 Å². The number of H-pyrrole nitrogens is 1. The van der Waals surface area contributed by atoms with Gasteiger partial charge >= 0.3 is 0 Å². The lowest BCUT2D eigenvalue weighted by Crippen LogP contribution is -2.44. The minimum absolute atomic E-state index is 0.0642. The van der Waals surface area contributed by atoms with Gasteiger partial charge in [-0.3, -0.25) is 19.4 Å². The first kappa shape index (κ1) is 18.6. The summed E-state index contributed by atoms with van der Waals surface area (Å²) in [5.74, 6) is -0.621. The van der Waals surface area contributed by atoms with Crippen LogP contribution in [0.25, 0.3) is 0 Å². The number of hydrogen-bond donors (Lipinski definition) is 1. The van der Waals surface area contributed by atoms with E-state index in [1.54, 1.807) is 19.9 Å². The van der Waals surface area contributed by atoms with E-state index in [1.807, 2.05) is 26.8 Å². The molecule has 1 N–H and O–H groups in total. The van der Waals surface area contributed by atoms with E-state index < -0.39 is 31.8 Å². The van der Waals surface area contributed by atoms with Crippen LogP contribution < -0.4 is 5.56 Å². The third-order valence-corrected chi connectivity index (χ3v) is 7.59. The van der Waals surface area contributed by atoms with E-state index in [0.717, 1.165) is 11.1 Å². The first-order valence-electron chi connectivity index (χ1n) is 8.54. The number of benzene rings is 1. The number of nitrogens with zero attached hydrogens (tertiary/aromatic N) is 1. The number of carbonyl (C=O) groups is 1. The first-order valence-corrected chi connectivity index (χ1v) is 10.1. The fourth-order valence-electron chi connectivity index (χ4n) is 4.18. The van der Waals surface area contributed by atoms with E-state index in [2.05, 4.69) is 5.10 Å². The summed E-state index contributed by atoms with van der Waals surface area (Å²) in [6, 6.07) is 3.69. The molecular formula is C19H24N2O4S. The minimum Gasteiger partial charge on any atom is -0.300 e. The van der Waals surface area contributed by atoms with E-state index in [4.69, 9.17) is 0 Å². The van der Waals surface area contributed by atoms with Gasteiger partial charge in [-0.05, 0) is 49.3 Å². The van der Waals surface area contributed by atoms with Crippen LogP contribution in [0.1, 0.15) is 53.0 Å². The fourth-order valence-corrected chi connectivity index (χ4v) is 6.74. The summed E-state index contributed by atoms with van der Waals surface area (Å²) in [7, 11) is -2.38. The van der Waals surface area contributed by atoms with Crippen molar-refractivity contribution < 1.29 is 13.2 Å². The highest BCUT2D eigenvalue weighted by Crippen LogP contribution is 2.45. The normalized spacial score (nSPS) is 20.6. The zero-order chi connectivity index (χ0) is 19.6. The molecule has 0 aliphatic carbocycles. The van der Waals surface area contributed by atoms with E-state index in [9.17, 15) is 18.0 Å². The van der Waals surface area contributed by atoms with Crippen molar-refractivity contribution in [2.45, 2.75) is 56.6 Å². The van der Waals surface area contributed by atoms with Crippen LogP contribution in [0, 0.1) is 20.8 Å². The number of ketones is 1. The summed E-state index contributed by atoms with van der Waals surface area (Å²) < 4.78 is 27.9. The third kappa shape index (κ3) is 2.48. The number of sulfone groups is 1. The number of rotatable bonds is 2. The minimum atomic E-state index is -3.89. The zero-order valence-corrected chi connectivity index (χ0v) is 16.7. The fraction of sp³-hybridized carbons (Fsp3) is 0.474. The Balaban J connectivity index is 2.28. The van der Waals surface area contributed by atoms with Gasteiger partial charge in [0.05, 0.1) is 4.90 Å². The van der Waals surface area contributed by atoms with Crippen LogP contribution in [0.5, 0.6) is 0 Å². The molecule has 0 amide bonds. The standard InChI is InChI=1S/C19H24N2O4S/c1-10-7-8-11(2)17-15(10)19(4,5)9-13(26(17,24)25)16(22)14-12(3)20-21(6)18(14)23/h7-8,13,20H,9H2,1-6H3. The smallest absolute Gasteiger partial charge is 0.277 e. The highest BCUT2D eigenvalue weighted by atomic mass is 32.2. The first-order chi connectivity index (χ1) is 11.9. The molecule has 1 aliphatic heterocycles. The second-order valence-corrected chi connectivity index (χ2v) is 9.93. The predicted octanol–water partition coefficient (Wildman–Crippen LogP) is 2.35. The Morgan fingerprint density at radius 3 is 2.31 bits per heavy atom. The average Bonchev–Trinajstić information content (AvgIpc) is 2.77. The Labute approximate surface area is 153 Å². The van der Waals surface area contributed by atoms with Gasteiger partial charge in [-0.15, -0.1) is 0 Å². The summed E-state index contributed by atoms with van der Waals surface area (Å²) in [5, 5.41) is 1.52. The van der Waals surface area contributed by atoms with Crippen molar-refractivity contribution in [3.63, 3.8) is 0 Å². The van der Waals surface area contributed by atoms with Gasteiger partial charge < -0.3 is 0 Å². The van der Waals surface area contributed by atoms with Crippen molar-refractivity contribution >= 4 is 15.6 Å². The molecule has 1 aromatic carbocycles. The van der Waals surface area contributed by atoms with Gasteiger partial charge in [0.25, 0.3) is 5.56 Å². The van der Waals surface area contributed by atoms with E-state index in [0.29, 0.717) is 11.3 Å². The average molecular weight is 376 g/mol. The summed E-state index contributed by atoms with van der Waals surface area (Å²) in [5.41, 5.74) is 1.65. The van der Waals surface area contributed by atoms with E-state index in [-0.39, 0.29) is 16.9 Å². The number of aromatic amines is 1. The lowest BCUT2D eigenvalue weighted by atomic mass is 9.76. The second kappa shape index (κ2) is 5.67. The number of aryl methyl sites for hydroxylation is 4. The quantitative estimate of drug-likeness (QED) is 0.815. The number of nitrogens with one attached hydrogen (secondary N) is 1. The van der Waals surface area contributed by atoms with Crippen LogP contribution in [-0.4, -0.2) is 29.2 Å². The van der Waals surface area contributed by atoms with Crippen molar-refractivity contribution in [1.29, 1.82) is 0 Å². The van der Waals surface area contributed by atoms with Gasteiger partial charge in [-0.2, -0.15) is 0 Å². The topological polar surface area (TPSA) is 89.0 Å². The largest absolute Gasteiger partial charge is 0.300 e. The molecule has 0 radical (unpaired) electrons. The SMILES string of the molecule is Cc1ccc(C)c2c1C(C)(C)CC(C(=O)c1c(C)[nH]n(C)c1=O)S2(=O)=O. The molecule has 26 heavy (non-hydrogen) atoms. The Hall–Kier alpha value is -2.15. The van der Waals surface area contributed by atoms with Gasteiger partial charge in [0.2, 0.25) is 0 Å². The molecule has 0 saturated heterocycles. The van der Waals surface area contributed by atoms with Crippen molar-refractivity contribution in [1.82, 2.24) is 9.78 Å². The molecule has 3 rings (SSSR count). The monoisotopic (exact) mass is 376 g/mol. The van der Waals surface area contributed by atoms with Crippen LogP contribution in [0.15, 0.2) is 21.8 Å². The van der Waals surface area contributed by atoms with Crippen molar-refractivity contribution in [2.24, 2.45) is 7.05 Å². The molecule has 140 valence electrons. The van der Waals surface area contributed by atoms with Gasteiger partial charge in [0, 0.05) is 12.7 Å². The number of Topliss-reactive ketones (excluding diaryl/α,β-unsaturated/α-hetero) is 1. The molecular weight excluding hydrogens is 352 g/mol. The number of carbonyl (C=O) groups excluding carboxylic acids is 1. The summed E-state index contributed by atoms with van der Waals surface area (Å²) in [6.45, 7) is 9.16. The molecule has 0 bridgehead atoms. The van der Waals surface area contributed by atoms with E-state index in [1.165, 1.54) is 11.7 Å². The maximum absolute atomic E-state index is 13.4. The second-order valence-electron chi connectivity index (χ2n) is 7.87. The number of fused-ring (bicyclic) bond motifs is 1. The van der Waals surface area contributed by atoms with Crippen LogP contribution in [0.3, 0.4) is 0 Å². The van der Waals surface area contributed by atoms with Crippen LogP contribution in [0.2, 0.25) is 0 Å². The Morgan fingerprint density at radius 1 is 1.19 bits per heavy atom. The lowest BCUT2D eigenvalue weighted by Gasteiger charge is -2.38. The molecule has 2 aromatic rings. The lowest BCUT2D eigenvalue weighted by molar-refractivity contribution is 0.0972. The Bertz CT molecular complexity index is 1090. The molecule has 0 saturated carbocycles. The molecule has 1 aliphatic rings. The number of aromatic nitrogens is 2. The van der Waals surface area contributed by atoms with Gasteiger partial charge in [0.15, 0.2) is 15.6 Å². The van der Waals surface area contributed by atoms with Gasteiger partial charge in [0.1, 0.15) is 10.8 Å². The molecule has 1 unspecified atom stereocenters. The maximum Gasteiger partial charge on any atom is 0.277 e. The van der Waals surface area contributed by atoms with Crippen LogP contribution in [-0.2, 0) is 22.3 Å². The molecule has 1 aromatic heterocycles. The summed E-state index contributed by atoms with van der Waals surface area (Å²) in [4.78, 5) is 25.7. The zero-order valence-electron chi connectivity index (χ0n) is 15.9. The maximum atomic E-state index is 13.4. The molecule has 0 fully saturated rings. The Kier molecular flexibility index (Phi) is 4.07. The highest BCUT2D eigenvalue weighted by Gasteiger charge is 2.48. The van der Waals surface area contributed by atoms with Crippen LogP contribution in [0.4, 0.5) is 0 Å². The molecule has 1 atom stereocenters. The van der Waals surface area contributed by atoms with Crippen molar-refractivity contribution in [2.75, 3.05) is 0 Å². The molecule has 2 heterocycles. The predicted molar refractivity (Wildman–Crippen MR) is 99.6 cm³/mol. The highest BCUT2D eigenvalue weighted by molar-refractivity contribution is 7.93. The van der Waals surface area contributed by atoms with Crippen molar-refractivity contribution in [3.05, 3.63) is 50.4 Å². The number of hydrogen-bond acceptors (Lipinski definition) is 4. The Morgan fingerprint density at radius 2 is 1.77 bits per heavy atom. The summed E-state index contributed by atoms with van der Waals surface area (Å²) in [6.07, 6.45) is 0.152. The van der Waals surface area contributed by atoms with Gasteiger partial charge in [-0.25, -0.2) is 8.42 Å². The summed E-state index contributed by atoms with van der Waals surface area (Å²) >= 11 is 0. The van der Waals surface area contributed by atoms with Crippen molar-refractivity contribution in [3.8, 4) is 0 Å². The van der Waals surface area contributed by atoms with Gasteiger partial charge in [-0.1, -0.05) is 26.0 Å². The molecule has 0 spiro atoms. The van der Waals surface area contributed by atoms with E-state index >= 15 is 0 Å². The molecule has 6 nitrogen and oxygen atoms in total. The third-order valence-electron chi connectivity index (χ3n) is 5.36. The molecule has 7 heteroatoms.